The minimum absolute atomic E-state index is 0.0573. The number of carbonyl (C=O) groups is 2. The van der Waals surface area contributed by atoms with Crippen LogP contribution in [0.2, 0.25) is 5.02 Å². The molecule has 1 atom stereocenters. The monoisotopic (exact) mass is 328 g/mol. The van der Waals surface area contributed by atoms with E-state index in [-0.39, 0.29) is 18.1 Å². The highest BCUT2D eigenvalue weighted by atomic mass is 35.5. The van der Waals surface area contributed by atoms with Gasteiger partial charge in [-0.2, -0.15) is 0 Å². The fourth-order valence-corrected chi connectivity index (χ4v) is 4.65. The SMILES string of the molecule is O=C1CN(C2CCS(=O)(=O)C2)C(=O)N1c1ccccc1Cl. The molecule has 1 unspecified atom stereocenters. The van der Waals surface area contributed by atoms with E-state index in [9.17, 15) is 18.0 Å². The van der Waals surface area contributed by atoms with E-state index >= 15 is 0 Å². The van der Waals surface area contributed by atoms with Crippen LogP contribution in [0.15, 0.2) is 24.3 Å². The van der Waals surface area contributed by atoms with Crippen molar-refractivity contribution in [2.45, 2.75) is 12.5 Å². The summed E-state index contributed by atoms with van der Waals surface area (Å²) in [5.41, 5.74) is 0.331. The molecule has 3 amide bonds. The zero-order chi connectivity index (χ0) is 15.2. The maximum absolute atomic E-state index is 12.4. The fourth-order valence-electron chi connectivity index (χ4n) is 2.70. The van der Waals surface area contributed by atoms with E-state index in [1.54, 1.807) is 24.3 Å². The number of nitrogens with zero attached hydrogens (tertiary/aromatic N) is 2. The molecule has 0 aromatic heterocycles. The van der Waals surface area contributed by atoms with Gasteiger partial charge in [-0.3, -0.25) is 4.79 Å². The largest absolute Gasteiger partial charge is 0.332 e. The van der Waals surface area contributed by atoms with Crippen LogP contribution < -0.4 is 4.90 Å². The third kappa shape index (κ3) is 2.51. The molecule has 1 aromatic rings. The molecule has 0 spiro atoms. The lowest BCUT2D eigenvalue weighted by atomic mass is 10.2. The fraction of sp³-hybridized carbons (Fsp3) is 0.385. The van der Waals surface area contributed by atoms with Gasteiger partial charge in [-0.1, -0.05) is 23.7 Å². The highest BCUT2D eigenvalue weighted by molar-refractivity contribution is 7.91. The zero-order valence-electron chi connectivity index (χ0n) is 11.0. The molecular formula is C13H13ClN2O4S. The van der Waals surface area contributed by atoms with Gasteiger partial charge in [-0.25, -0.2) is 18.1 Å². The van der Waals surface area contributed by atoms with E-state index in [1.807, 2.05) is 0 Å². The van der Waals surface area contributed by atoms with Gasteiger partial charge >= 0.3 is 6.03 Å². The lowest BCUT2D eigenvalue weighted by Crippen LogP contribution is -2.40. The number of hydrogen-bond acceptors (Lipinski definition) is 4. The molecule has 8 heteroatoms. The first-order valence-corrected chi connectivity index (χ1v) is 8.67. The molecule has 6 nitrogen and oxygen atoms in total. The normalized spacial score (nSPS) is 24.9. The Kier molecular flexibility index (Phi) is 3.41. The first-order valence-electron chi connectivity index (χ1n) is 6.47. The molecule has 2 aliphatic heterocycles. The summed E-state index contributed by atoms with van der Waals surface area (Å²) in [6.45, 7) is -0.107. The number of imide groups is 1. The third-order valence-corrected chi connectivity index (χ3v) is 5.80. The van der Waals surface area contributed by atoms with Gasteiger partial charge in [0.1, 0.15) is 6.54 Å². The Bertz CT molecular complexity index is 719. The van der Waals surface area contributed by atoms with Crippen LogP contribution in [0.25, 0.3) is 0 Å². The highest BCUT2D eigenvalue weighted by Crippen LogP contribution is 2.31. The third-order valence-electron chi connectivity index (χ3n) is 3.73. The molecule has 1 aromatic carbocycles. The molecule has 2 saturated heterocycles. The van der Waals surface area contributed by atoms with Gasteiger partial charge in [-0.15, -0.1) is 0 Å². The van der Waals surface area contributed by atoms with Crippen LogP contribution in [0, 0.1) is 0 Å². The average Bonchev–Trinajstić information content (AvgIpc) is 2.91. The number of sulfone groups is 1. The highest BCUT2D eigenvalue weighted by Gasteiger charge is 2.44. The number of rotatable bonds is 2. The quantitative estimate of drug-likeness (QED) is 0.767. The van der Waals surface area contributed by atoms with Crippen LogP contribution in [-0.2, 0) is 14.6 Å². The molecule has 0 radical (unpaired) electrons. The number of halogens is 1. The summed E-state index contributed by atoms with van der Waals surface area (Å²) >= 11 is 6.03. The second-order valence-corrected chi connectivity index (χ2v) is 7.78. The zero-order valence-corrected chi connectivity index (χ0v) is 12.6. The van der Waals surface area contributed by atoms with Crippen molar-refractivity contribution >= 4 is 39.1 Å². The molecule has 0 N–H and O–H groups in total. The van der Waals surface area contributed by atoms with Gasteiger partial charge in [0.15, 0.2) is 9.84 Å². The minimum Gasteiger partial charge on any atom is -0.311 e. The van der Waals surface area contributed by atoms with Crippen molar-refractivity contribution in [2.24, 2.45) is 0 Å². The van der Waals surface area contributed by atoms with E-state index in [1.165, 1.54) is 4.90 Å². The molecule has 0 aliphatic carbocycles. The molecule has 112 valence electrons. The van der Waals surface area contributed by atoms with Crippen molar-refractivity contribution in [3.8, 4) is 0 Å². The summed E-state index contributed by atoms with van der Waals surface area (Å²) in [7, 11) is -3.11. The first-order chi connectivity index (χ1) is 9.89. The Morgan fingerprint density at radius 2 is 1.90 bits per heavy atom. The van der Waals surface area contributed by atoms with Crippen LogP contribution in [0.4, 0.5) is 10.5 Å². The standard InChI is InChI=1S/C13H13ClN2O4S/c14-10-3-1-2-4-11(10)16-12(17)7-15(13(16)18)9-5-6-21(19,20)8-9/h1-4,9H,5-8H2. The second kappa shape index (κ2) is 4.99. The average molecular weight is 329 g/mol. The lowest BCUT2D eigenvalue weighted by molar-refractivity contribution is -0.116. The molecule has 0 bridgehead atoms. The van der Waals surface area contributed by atoms with Gasteiger partial charge in [0, 0.05) is 6.04 Å². The van der Waals surface area contributed by atoms with E-state index in [0.717, 1.165) is 4.90 Å². The van der Waals surface area contributed by atoms with Gasteiger partial charge in [0.25, 0.3) is 5.91 Å². The lowest BCUT2D eigenvalue weighted by Gasteiger charge is -2.22. The molecule has 2 aliphatic rings. The summed E-state index contributed by atoms with van der Waals surface area (Å²) in [6, 6.07) is 5.64. The second-order valence-electron chi connectivity index (χ2n) is 5.15. The van der Waals surface area contributed by atoms with Crippen molar-refractivity contribution in [3.63, 3.8) is 0 Å². The topological polar surface area (TPSA) is 74.8 Å². The first kappa shape index (κ1) is 14.3. The number of carbonyl (C=O) groups excluding carboxylic acids is 2. The Morgan fingerprint density at radius 1 is 1.19 bits per heavy atom. The van der Waals surface area contributed by atoms with Crippen molar-refractivity contribution < 1.29 is 18.0 Å². The summed E-state index contributed by atoms with van der Waals surface area (Å²) in [5, 5.41) is 0.306. The summed E-state index contributed by atoms with van der Waals surface area (Å²) in [5.74, 6) is -0.415. The maximum atomic E-state index is 12.4. The van der Waals surface area contributed by atoms with E-state index in [0.29, 0.717) is 17.1 Å². The number of para-hydroxylation sites is 1. The minimum atomic E-state index is -3.11. The van der Waals surface area contributed by atoms with E-state index in [2.05, 4.69) is 0 Å². The van der Waals surface area contributed by atoms with Gasteiger partial charge in [0.2, 0.25) is 0 Å². The molecular weight excluding hydrogens is 316 g/mol. The number of amides is 3. The molecule has 21 heavy (non-hydrogen) atoms. The van der Waals surface area contributed by atoms with Crippen molar-refractivity contribution in [1.29, 1.82) is 0 Å². The van der Waals surface area contributed by atoms with Crippen molar-refractivity contribution in [3.05, 3.63) is 29.3 Å². The Morgan fingerprint density at radius 3 is 2.52 bits per heavy atom. The van der Waals surface area contributed by atoms with Gasteiger partial charge in [-0.05, 0) is 18.6 Å². The molecule has 2 fully saturated rings. The number of benzene rings is 1. The van der Waals surface area contributed by atoms with Crippen molar-refractivity contribution in [1.82, 2.24) is 4.90 Å². The van der Waals surface area contributed by atoms with E-state index < -0.39 is 27.8 Å². The Balaban J connectivity index is 1.88. The summed E-state index contributed by atoms with van der Waals surface area (Å²) in [6.07, 6.45) is 0.373. The van der Waals surface area contributed by atoms with Crippen LogP contribution in [-0.4, -0.2) is 49.3 Å². The number of hydrogen-bond donors (Lipinski definition) is 0. The predicted octanol–water partition coefficient (Wildman–Crippen LogP) is 1.30. The smallest absolute Gasteiger partial charge is 0.311 e. The molecule has 0 saturated carbocycles. The Labute approximate surface area is 127 Å². The van der Waals surface area contributed by atoms with E-state index in [4.69, 9.17) is 11.6 Å². The van der Waals surface area contributed by atoms with Crippen LogP contribution in [0.1, 0.15) is 6.42 Å². The maximum Gasteiger partial charge on any atom is 0.332 e. The van der Waals surface area contributed by atoms with Crippen LogP contribution in [0.3, 0.4) is 0 Å². The summed E-state index contributed by atoms with van der Waals surface area (Å²) < 4.78 is 23.1. The predicted molar refractivity (Wildman–Crippen MR) is 78.1 cm³/mol. The molecule has 2 heterocycles. The summed E-state index contributed by atoms with van der Waals surface area (Å²) in [4.78, 5) is 26.9. The molecule has 3 rings (SSSR count). The number of anilines is 1. The Hall–Kier alpha value is -1.60. The van der Waals surface area contributed by atoms with Gasteiger partial charge < -0.3 is 4.90 Å². The van der Waals surface area contributed by atoms with Gasteiger partial charge in [0.05, 0.1) is 22.2 Å². The number of urea groups is 1. The van der Waals surface area contributed by atoms with Crippen LogP contribution >= 0.6 is 11.6 Å². The van der Waals surface area contributed by atoms with Crippen LogP contribution in [0.5, 0.6) is 0 Å². The van der Waals surface area contributed by atoms with Crippen molar-refractivity contribution in [2.75, 3.05) is 23.0 Å².